The van der Waals surface area contributed by atoms with Gasteiger partial charge >= 0.3 is 0 Å². The third-order valence-electron chi connectivity index (χ3n) is 4.32. The molecule has 1 N–H and O–H groups in total. The van der Waals surface area contributed by atoms with E-state index >= 15 is 0 Å². The van der Waals surface area contributed by atoms with Crippen molar-refractivity contribution in [2.24, 2.45) is 0 Å². The molecular weight excluding hydrogens is 315 g/mol. The van der Waals surface area contributed by atoms with E-state index in [4.69, 9.17) is 11.6 Å². The molecule has 2 atom stereocenters. The first-order chi connectivity index (χ1) is 9.88. The van der Waals surface area contributed by atoms with Crippen LogP contribution in [0, 0.1) is 12.7 Å². The summed E-state index contributed by atoms with van der Waals surface area (Å²) in [5.74, 6) is -0.490. The Bertz CT molecular complexity index is 665. The lowest BCUT2D eigenvalue weighted by molar-refractivity contribution is 0.383. The standard InChI is InChI=1S/C14H18ClFN2O2S/c1-9-6-14(12(15)7-13(9)16)21(19,20)18-5-4-10-2-3-11(8-18)17-10/h6-7,10-11,17H,2-5,8H2,1H3. The molecule has 0 radical (unpaired) electrons. The van der Waals surface area contributed by atoms with Gasteiger partial charge < -0.3 is 5.32 Å². The van der Waals surface area contributed by atoms with Gasteiger partial charge in [-0.2, -0.15) is 4.31 Å². The van der Waals surface area contributed by atoms with Gasteiger partial charge in [-0.05, 0) is 43.9 Å². The highest BCUT2D eigenvalue weighted by molar-refractivity contribution is 7.89. The topological polar surface area (TPSA) is 49.4 Å². The fourth-order valence-electron chi connectivity index (χ4n) is 3.10. The van der Waals surface area contributed by atoms with Gasteiger partial charge in [-0.1, -0.05) is 11.6 Å². The molecule has 2 saturated heterocycles. The third-order valence-corrected chi connectivity index (χ3v) is 6.65. The average molecular weight is 333 g/mol. The first kappa shape index (κ1) is 15.2. The zero-order chi connectivity index (χ0) is 15.2. The number of halogens is 2. The monoisotopic (exact) mass is 332 g/mol. The van der Waals surface area contributed by atoms with Crippen LogP contribution < -0.4 is 5.32 Å². The molecule has 21 heavy (non-hydrogen) atoms. The van der Waals surface area contributed by atoms with Crippen LogP contribution in [0.2, 0.25) is 5.02 Å². The molecule has 2 heterocycles. The number of hydrogen-bond acceptors (Lipinski definition) is 3. The Morgan fingerprint density at radius 3 is 2.76 bits per heavy atom. The summed E-state index contributed by atoms with van der Waals surface area (Å²) in [6.45, 7) is 2.46. The SMILES string of the molecule is Cc1cc(S(=O)(=O)N2CCC3CCC(C2)N3)c(Cl)cc1F. The number of rotatable bonds is 2. The minimum Gasteiger partial charge on any atom is -0.310 e. The maximum Gasteiger partial charge on any atom is 0.244 e. The molecule has 116 valence electrons. The average Bonchev–Trinajstić information content (AvgIpc) is 2.72. The molecule has 1 aromatic carbocycles. The van der Waals surface area contributed by atoms with Gasteiger partial charge in [-0.3, -0.25) is 0 Å². The van der Waals surface area contributed by atoms with Crippen molar-refractivity contribution in [1.82, 2.24) is 9.62 Å². The van der Waals surface area contributed by atoms with E-state index in [0.717, 1.165) is 25.3 Å². The van der Waals surface area contributed by atoms with E-state index in [9.17, 15) is 12.8 Å². The second-order valence-electron chi connectivity index (χ2n) is 5.82. The molecule has 0 aliphatic carbocycles. The van der Waals surface area contributed by atoms with Crippen molar-refractivity contribution in [3.8, 4) is 0 Å². The van der Waals surface area contributed by atoms with E-state index in [1.54, 1.807) is 0 Å². The van der Waals surface area contributed by atoms with Gasteiger partial charge in [-0.25, -0.2) is 12.8 Å². The molecule has 4 nitrogen and oxygen atoms in total. The highest BCUT2D eigenvalue weighted by Crippen LogP contribution is 2.30. The van der Waals surface area contributed by atoms with E-state index in [1.165, 1.54) is 17.3 Å². The first-order valence-electron chi connectivity index (χ1n) is 7.10. The van der Waals surface area contributed by atoms with E-state index in [2.05, 4.69) is 5.32 Å². The number of fused-ring (bicyclic) bond motifs is 2. The Hall–Kier alpha value is -0.690. The quantitative estimate of drug-likeness (QED) is 0.904. The molecule has 0 saturated carbocycles. The Morgan fingerprint density at radius 2 is 2.00 bits per heavy atom. The van der Waals surface area contributed by atoms with Crippen molar-refractivity contribution >= 4 is 21.6 Å². The largest absolute Gasteiger partial charge is 0.310 e. The number of benzene rings is 1. The van der Waals surface area contributed by atoms with Crippen LogP contribution in [-0.2, 0) is 10.0 Å². The highest BCUT2D eigenvalue weighted by atomic mass is 35.5. The second kappa shape index (κ2) is 5.50. The number of aryl methyl sites for hydroxylation is 1. The van der Waals surface area contributed by atoms with Gasteiger partial charge in [-0.15, -0.1) is 0 Å². The molecule has 1 aromatic rings. The van der Waals surface area contributed by atoms with Crippen LogP contribution >= 0.6 is 11.6 Å². The second-order valence-corrected chi connectivity index (χ2v) is 8.13. The normalized spacial score (nSPS) is 26.8. The molecule has 2 unspecified atom stereocenters. The minimum absolute atomic E-state index is 0.000778. The van der Waals surface area contributed by atoms with Gasteiger partial charge in [0.2, 0.25) is 10.0 Å². The lowest BCUT2D eigenvalue weighted by Crippen LogP contribution is -2.39. The van der Waals surface area contributed by atoms with Crippen molar-refractivity contribution < 1.29 is 12.8 Å². The predicted molar refractivity (Wildman–Crippen MR) is 79.5 cm³/mol. The first-order valence-corrected chi connectivity index (χ1v) is 8.91. The number of nitrogens with one attached hydrogen (secondary N) is 1. The van der Waals surface area contributed by atoms with E-state index < -0.39 is 15.8 Å². The third kappa shape index (κ3) is 2.82. The fraction of sp³-hybridized carbons (Fsp3) is 0.571. The summed E-state index contributed by atoms with van der Waals surface area (Å²) in [7, 11) is -3.68. The summed E-state index contributed by atoms with van der Waals surface area (Å²) in [5.41, 5.74) is 0.285. The van der Waals surface area contributed by atoms with Crippen molar-refractivity contribution in [2.45, 2.75) is 43.2 Å². The summed E-state index contributed by atoms with van der Waals surface area (Å²) in [6.07, 6.45) is 2.90. The summed E-state index contributed by atoms with van der Waals surface area (Å²) in [5, 5.41) is 3.39. The smallest absolute Gasteiger partial charge is 0.244 e. The predicted octanol–water partition coefficient (Wildman–Crippen LogP) is 2.30. The molecule has 2 aliphatic heterocycles. The van der Waals surface area contributed by atoms with E-state index in [0.29, 0.717) is 19.1 Å². The van der Waals surface area contributed by atoms with Crippen LogP contribution in [0.5, 0.6) is 0 Å². The zero-order valence-corrected chi connectivity index (χ0v) is 13.3. The number of sulfonamides is 1. The molecule has 2 fully saturated rings. The van der Waals surface area contributed by atoms with Gasteiger partial charge in [0.1, 0.15) is 10.7 Å². The molecule has 2 aliphatic rings. The van der Waals surface area contributed by atoms with Crippen molar-refractivity contribution in [1.29, 1.82) is 0 Å². The van der Waals surface area contributed by atoms with Crippen LogP contribution in [0.4, 0.5) is 4.39 Å². The van der Waals surface area contributed by atoms with Crippen LogP contribution in [0.1, 0.15) is 24.8 Å². The molecular formula is C14H18ClFN2O2S. The van der Waals surface area contributed by atoms with Crippen LogP contribution in [-0.4, -0.2) is 37.9 Å². The van der Waals surface area contributed by atoms with E-state index in [1.807, 2.05) is 0 Å². The van der Waals surface area contributed by atoms with Crippen molar-refractivity contribution in [3.05, 3.63) is 28.5 Å². The van der Waals surface area contributed by atoms with Crippen molar-refractivity contribution in [3.63, 3.8) is 0 Å². The summed E-state index contributed by atoms with van der Waals surface area (Å²) >= 11 is 5.96. The minimum atomic E-state index is -3.68. The van der Waals surface area contributed by atoms with Gasteiger partial charge in [0.05, 0.1) is 5.02 Å². The van der Waals surface area contributed by atoms with Gasteiger partial charge in [0, 0.05) is 25.2 Å². The Balaban J connectivity index is 1.95. The highest BCUT2D eigenvalue weighted by Gasteiger charge is 2.35. The Labute approximate surface area is 129 Å². The molecule has 3 rings (SSSR count). The lowest BCUT2D eigenvalue weighted by atomic mass is 10.1. The summed E-state index contributed by atoms with van der Waals surface area (Å²) in [4.78, 5) is 0.000778. The van der Waals surface area contributed by atoms with Crippen molar-refractivity contribution in [2.75, 3.05) is 13.1 Å². The molecule has 7 heteroatoms. The number of hydrogen-bond donors (Lipinski definition) is 1. The Kier molecular flexibility index (Phi) is 3.98. The molecule has 0 spiro atoms. The summed E-state index contributed by atoms with van der Waals surface area (Å²) in [6, 6.07) is 3.00. The van der Waals surface area contributed by atoms with Gasteiger partial charge in [0.15, 0.2) is 0 Å². The molecule has 2 bridgehead atoms. The van der Waals surface area contributed by atoms with Crippen LogP contribution in [0.3, 0.4) is 0 Å². The summed E-state index contributed by atoms with van der Waals surface area (Å²) < 4.78 is 40.5. The van der Waals surface area contributed by atoms with Crippen LogP contribution in [0.15, 0.2) is 17.0 Å². The van der Waals surface area contributed by atoms with Gasteiger partial charge in [0.25, 0.3) is 0 Å². The molecule has 0 amide bonds. The zero-order valence-electron chi connectivity index (χ0n) is 11.8. The molecule has 0 aromatic heterocycles. The lowest BCUT2D eigenvalue weighted by Gasteiger charge is -2.24. The number of nitrogens with zero attached hydrogens (tertiary/aromatic N) is 1. The van der Waals surface area contributed by atoms with E-state index in [-0.39, 0.29) is 21.5 Å². The fourth-order valence-corrected chi connectivity index (χ4v) is 5.17. The maximum atomic E-state index is 13.5. The van der Waals surface area contributed by atoms with Crippen LogP contribution in [0.25, 0.3) is 0 Å². The Morgan fingerprint density at radius 1 is 1.29 bits per heavy atom. The maximum absolute atomic E-state index is 13.5.